The van der Waals surface area contributed by atoms with Crippen LogP contribution < -0.4 is 9.47 Å². The number of rotatable bonds is 41. The number of hydrogen-bond acceptors (Lipinski definition) is 3. The second-order valence-electron chi connectivity index (χ2n) is 15.7. The molecular formula is C47H88O3. The molecule has 0 unspecified atom stereocenters. The van der Waals surface area contributed by atoms with E-state index in [2.05, 4.69) is 13.8 Å². The van der Waals surface area contributed by atoms with Gasteiger partial charge in [0.15, 0.2) is 0 Å². The van der Waals surface area contributed by atoms with Crippen LogP contribution in [0.2, 0.25) is 0 Å². The molecule has 0 aliphatic carbocycles. The van der Waals surface area contributed by atoms with Crippen molar-refractivity contribution in [3.63, 3.8) is 0 Å². The monoisotopic (exact) mass is 701 g/mol. The van der Waals surface area contributed by atoms with Gasteiger partial charge in [0, 0.05) is 6.07 Å². The Labute approximate surface area is 313 Å². The second kappa shape index (κ2) is 39.0. The van der Waals surface area contributed by atoms with Gasteiger partial charge in [0.05, 0.1) is 19.8 Å². The molecule has 1 rings (SSSR count). The zero-order chi connectivity index (χ0) is 35.8. The summed E-state index contributed by atoms with van der Waals surface area (Å²) in [4.78, 5) is 0. The molecule has 0 aliphatic heterocycles. The van der Waals surface area contributed by atoms with Gasteiger partial charge in [0.25, 0.3) is 0 Å². The van der Waals surface area contributed by atoms with Gasteiger partial charge in [-0.1, -0.05) is 232 Å². The highest BCUT2D eigenvalue weighted by atomic mass is 16.5. The summed E-state index contributed by atoms with van der Waals surface area (Å²) in [7, 11) is 0. The predicted octanol–water partition coefficient (Wildman–Crippen LogP) is 16.0. The van der Waals surface area contributed by atoms with Crippen molar-refractivity contribution < 1.29 is 14.6 Å². The van der Waals surface area contributed by atoms with Crippen LogP contribution in [0.5, 0.6) is 11.5 Å². The number of aliphatic hydroxyl groups is 1. The van der Waals surface area contributed by atoms with Crippen LogP contribution in [-0.2, 0) is 6.61 Å². The van der Waals surface area contributed by atoms with Crippen LogP contribution in [0, 0.1) is 0 Å². The first kappa shape index (κ1) is 46.8. The zero-order valence-corrected chi connectivity index (χ0v) is 34.1. The Balaban J connectivity index is 1.91. The largest absolute Gasteiger partial charge is 0.493 e. The molecule has 1 aromatic rings. The molecule has 0 saturated carbocycles. The average molecular weight is 701 g/mol. The molecule has 0 aromatic heterocycles. The maximum Gasteiger partial charge on any atom is 0.123 e. The van der Waals surface area contributed by atoms with Crippen molar-refractivity contribution in [1.82, 2.24) is 0 Å². The van der Waals surface area contributed by atoms with E-state index in [9.17, 15) is 5.11 Å². The van der Waals surface area contributed by atoms with E-state index in [-0.39, 0.29) is 6.61 Å². The van der Waals surface area contributed by atoms with E-state index in [1.54, 1.807) is 0 Å². The Morgan fingerprint density at radius 2 is 0.540 bits per heavy atom. The number of ether oxygens (including phenoxy) is 2. The third-order valence-corrected chi connectivity index (χ3v) is 10.7. The highest BCUT2D eigenvalue weighted by Gasteiger charge is 2.04. The molecule has 1 N–H and O–H groups in total. The van der Waals surface area contributed by atoms with Crippen LogP contribution in [0.3, 0.4) is 0 Å². The molecule has 0 aliphatic rings. The van der Waals surface area contributed by atoms with E-state index in [4.69, 9.17) is 9.47 Å². The van der Waals surface area contributed by atoms with Crippen molar-refractivity contribution in [2.75, 3.05) is 13.2 Å². The molecular weight excluding hydrogens is 613 g/mol. The smallest absolute Gasteiger partial charge is 0.123 e. The Morgan fingerprint density at radius 3 is 0.760 bits per heavy atom. The van der Waals surface area contributed by atoms with E-state index in [1.807, 2.05) is 18.2 Å². The van der Waals surface area contributed by atoms with Gasteiger partial charge in [-0.05, 0) is 30.5 Å². The fraction of sp³-hybridized carbons (Fsp3) is 0.872. The molecule has 3 nitrogen and oxygen atoms in total. The van der Waals surface area contributed by atoms with Gasteiger partial charge < -0.3 is 14.6 Å². The Bertz CT molecular complexity index is 732. The van der Waals surface area contributed by atoms with Gasteiger partial charge >= 0.3 is 0 Å². The normalized spacial score (nSPS) is 11.4. The van der Waals surface area contributed by atoms with Gasteiger partial charge in [0.2, 0.25) is 0 Å². The van der Waals surface area contributed by atoms with Gasteiger partial charge in [0.1, 0.15) is 11.5 Å². The van der Waals surface area contributed by atoms with Gasteiger partial charge in [-0.3, -0.25) is 0 Å². The summed E-state index contributed by atoms with van der Waals surface area (Å²) >= 11 is 0. The topological polar surface area (TPSA) is 38.7 Å². The van der Waals surface area contributed by atoms with Crippen LogP contribution in [0.15, 0.2) is 18.2 Å². The number of benzene rings is 1. The van der Waals surface area contributed by atoms with Crippen LogP contribution in [0.1, 0.15) is 251 Å². The first-order chi connectivity index (χ1) is 24.8. The highest BCUT2D eigenvalue weighted by molar-refractivity contribution is 5.38. The maximum atomic E-state index is 9.74. The van der Waals surface area contributed by atoms with Crippen molar-refractivity contribution in [1.29, 1.82) is 0 Å². The quantitative estimate of drug-likeness (QED) is 0.0691. The fourth-order valence-corrected chi connectivity index (χ4v) is 7.28. The fourth-order valence-electron chi connectivity index (χ4n) is 7.28. The van der Waals surface area contributed by atoms with Crippen molar-refractivity contribution in [3.05, 3.63) is 23.8 Å². The summed E-state index contributed by atoms with van der Waals surface area (Å²) in [6.07, 6.45) is 50.1. The van der Waals surface area contributed by atoms with Gasteiger partial charge in [-0.15, -0.1) is 0 Å². The Hall–Kier alpha value is -1.22. The van der Waals surface area contributed by atoms with Crippen molar-refractivity contribution in [2.45, 2.75) is 252 Å². The summed E-state index contributed by atoms with van der Waals surface area (Å²) < 4.78 is 12.1. The van der Waals surface area contributed by atoms with E-state index in [0.29, 0.717) is 0 Å². The molecule has 1 aromatic carbocycles. The number of aliphatic hydroxyl groups excluding tert-OH is 1. The lowest BCUT2D eigenvalue weighted by atomic mass is 10.0. The molecule has 0 spiro atoms. The standard InChI is InChI=1S/C47H88O3/c1-3-5-7-9-11-13-15-17-19-21-23-25-27-29-31-33-35-37-39-49-46-41-45(44-48)42-47(43-46)50-40-38-36-34-32-30-28-26-24-22-20-18-16-14-12-10-8-6-4-2/h41-43,48H,3-40,44H2,1-2H3. The van der Waals surface area contributed by atoms with Crippen LogP contribution in [0.4, 0.5) is 0 Å². The average Bonchev–Trinajstić information content (AvgIpc) is 3.13. The van der Waals surface area contributed by atoms with Gasteiger partial charge in [-0.2, -0.15) is 0 Å². The molecule has 50 heavy (non-hydrogen) atoms. The summed E-state index contributed by atoms with van der Waals surface area (Å²) in [5, 5.41) is 9.74. The highest BCUT2D eigenvalue weighted by Crippen LogP contribution is 2.24. The second-order valence-corrected chi connectivity index (χ2v) is 15.7. The molecule has 0 heterocycles. The molecule has 0 radical (unpaired) electrons. The molecule has 0 atom stereocenters. The molecule has 0 fully saturated rings. The van der Waals surface area contributed by atoms with Crippen molar-refractivity contribution in [2.24, 2.45) is 0 Å². The lowest BCUT2D eigenvalue weighted by Crippen LogP contribution is -2.01. The number of hydrogen-bond donors (Lipinski definition) is 1. The van der Waals surface area contributed by atoms with E-state index in [1.165, 1.54) is 218 Å². The molecule has 294 valence electrons. The van der Waals surface area contributed by atoms with E-state index in [0.717, 1.165) is 43.1 Å². The van der Waals surface area contributed by atoms with Crippen LogP contribution >= 0.6 is 0 Å². The van der Waals surface area contributed by atoms with E-state index >= 15 is 0 Å². The summed E-state index contributed by atoms with van der Waals surface area (Å²) in [6, 6.07) is 5.92. The van der Waals surface area contributed by atoms with Gasteiger partial charge in [-0.25, -0.2) is 0 Å². The van der Waals surface area contributed by atoms with E-state index < -0.39 is 0 Å². The van der Waals surface area contributed by atoms with Crippen molar-refractivity contribution in [3.8, 4) is 11.5 Å². The predicted molar refractivity (Wildman–Crippen MR) is 221 cm³/mol. The summed E-state index contributed by atoms with van der Waals surface area (Å²) in [5.41, 5.74) is 0.869. The first-order valence-electron chi connectivity index (χ1n) is 22.8. The maximum absolute atomic E-state index is 9.74. The third kappa shape index (κ3) is 32.7. The Kier molecular flexibility index (Phi) is 36.5. The number of unbranched alkanes of at least 4 members (excludes halogenated alkanes) is 34. The lowest BCUT2D eigenvalue weighted by Gasteiger charge is -2.12. The summed E-state index contributed by atoms with van der Waals surface area (Å²) in [6.45, 7) is 6.10. The Morgan fingerprint density at radius 1 is 0.320 bits per heavy atom. The minimum atomic E-state index is 0.0198. The summed E-state index contributed by atoms with van der Waals surface area (Å²) in [5.74, 6) is 1.66. The minimum absolute atomic E-state index is 0.0198. The van der Waals surface area contributed by atoms with Crippen LogP contribution in [-0.4, -0.2) is 18.3 Å². The molecule has 0 amide bonds. The third-order valence-electron chi connectivity index (χ3n) is 10.7. The molecule has 0 bridgehead atoms. The van der Waals surface area contributed by atoms with Crippen molar-refractivity contribution >= 4 is 0 Å². The minimum Gasteiger partial charge on any atom is -0.493 e. The lowest BCUT2D eigenvalue weighted by molar-refractivity contribution is 0.271. The zero-order valence-electron chi connectivity index (χ0n) is 34.1. The van der Waals surface area contributed by atoms with Crippen LogP contribution in [0.25, 0.3) is 0 Å². The SMILES string of the molecule is CCCCCCCCCCCCCCCCCCCCOc1cc(CO)cc(OCCCCCCCCCCCCCCCCCCCC)c1. The molecule has 3 heteroatoms. The molecule has 0 saturated heterocycles. The first-order valence-corrected chi connectivity index (χ1v) is 22.8.